The molecular formula is C17H16BrNO3. The number of allylic oxidation sites excluding steroid dienone is 7. The van der Waals surface area contributed by atoms with Crippen molar-refractivity contribution in [3.05, 3.63) is 46.6 Å². The number of halogens is 1. The summed E-state index contributed by atoms with van der Waals surface area (Å²) in [5.41, 5.74) is 0.000118. The quantitative estimate of drug-likeness (QED) is 0.532. The van der Waals surface area contributed by atoms with Gasteiger partial charge in [-0.05, 0) is 39.0 Å². The van der Waals surface area contributed by atoms with E-state index in [0.717, 1.165) is 10.1 Å². The molecule has 0 aromatic rings. The largest absolute Gasteiger partial charge is 0.459 e. The summed E-state index contributed by atoms with van der Waals surface area (Å²) in [7, 11) is 0. The molecule has 1 aliphatic heterocycles. The fourth-order valence-corrected chi connectivity index (χ4v) is 3.60. The van der Waals surface area contributed by atoms with Gasteiger partial charge in [-0.1, -0.05) is 28.1 Å². The van der Waals surface area contributed by atoms with Gasteiger partial charge in [-0.25, -0.2) is 0 Å². The standard InChI is InChI=1S/C17H16BrNO3/c1-16(2,3)22-15(21)14-12(20)6-7-13-17(14)8-4-5-11(18)10(17)9-19-13/h4-9,14H,1-3H3. The first kappa shape index (κ1) is 15.2. The van der Waals surface area contributed by atoms with E-state index in [4.69, 9.17) is 4.74 Å². The van der Waals surface area contributed by atoms with Crippen molar-refractivity contribution in [2.24, 2.45) is 16.3 Å². The van der Waals surface area contributed by atoms with Gasteiger partial charge < -0.3 is 4.74 Å². The van der Waals surface area contributed by atoms with Gasteiger partial charge in [0.1, 0.15) is 11.5 Å². The number of ether oxygens (including phenoxy) is 1. The summed E-state index contributed by atoms with van der Waals surface area (Å²) < 4.78 is 6.31. The maximum atomic E-state index is 12.7. The van der Waals surface area contributed by atoms with Crippen LogP contribution in [0.1, 0.15) is 20.8 Å². The smallest absolute Gasteiger partial charge is 0.319 e. The van der Waals surface area contributed by atoms with Gasteiger partial charge in [0.05, 0.1) is 11.1 Å². The molecule has 0 aromatic heterocycles. The van der Waals surface area contributed by atoms with Crippen LogP contribution in [0.5, 0.6) is 0 Å². The lowest BCUT2D eigenvalue weighted by molar-refractivity contribution is -0.163. The highest BCUT2D eigenvalue weighted by molar-refractivity contribution is 9.12. The van der Waals surface area contributed by atoms with Crippen LogP contribution in [0.2, 0.25) is 0 Å². The summed E-state index contributed by atoms with van der Waals surface area (Å²) in [5.74, 6) is -1.72. The minimum atomic E-state index is -0.943. The molecule has 0 saturated carbocycles. The number of nitrogens with zero attached hydrogens (tertiary/aromatic N) is 1. The van der Waals surface area contributed by atoms with Gasteiger partial charge in [0.2, 0.25) is 0 Å². The highest BCUT2D eigenvalue weighted by Crippen LogP contribution is 2.52. The molecule has 0 saturated heterocycles. The van der Waals surface area contributed by atoms with Crippen molar-refractivity contribution < 1.29 is 14.3 Å². The van der Waals surface area contributed by atoms with E-state index in [-0.39, 0.29) is 5.78 Å². The summed E-state index contributed by atoms with van der Waals surface area (Å²) in [4.78, 5) is 29.6. The molecule has 0 N–H and O–H groups in total. The number of carbonyl (C=O) groups is 2. The molecule has 0 radical (unpaired) electrons. The SMILES string of the molecule is CC(C)(C)OC(=O)C1C(=O)C=CC2=NC=C3C(Br)=CC=CC321. The van der Waals surface area contributed by atoms with Gasteiger partial charge in [0.25, 0.3) is 0 Å². The highest BCUT2D eigenvalue weighted by Gasteiger charge is 2.56. The molecule has 4 nitrogen and oxygen atoms in total. The van der Waals surface area contributed by atoms with Gasteiger partial charge in [-0.2, -0.15) is 0 Å². The lowest BCUT2D eigenvalue weighted by Gasteiger charge is -2.39. The summed E-state index contributed by atoms with van der Waals surface area (Å²) in [5, 5.41) is 0. The second kappa shape index (κ2) is 4.88. The van der Waals surface area contributed by atoms with Crippen LogP contribution in [0.15, 0.2) is 51.6 Å². The molecule has 22 heavy (non-hydrogen) atoms. The Labute approximate surface area is 137 Å². The molecule has 0 fully saturated rings. The molecule has 2 aliphatic carbocycles. The topological polar surface area (TPSA) is 55.7 Å². The zero-order valence-corrected chi connectivity index (χ0v) is 14.2. The van der Waals surface area contributed by atoms with Gasteiger partial charge >= 0.3 is 5.97 Å². The maximum absolute atomic E-state index is 12.7. The Bertz CT molecular complexity index is 719. The average molecular weight is 362 g/mol. The number of ketones is 1. The molecule has 1 spiro atoms. The average Bonchev–Trinajstić information content (AvgIpc) is 2.76. The first-order chi connectivity index (χ1) is 10.3. The molecule has 3 rings (SSSR count). The molecule has 114 valence electrons. The first-order valence-corrected chi connectivity index (χ1v) is 7.84. The third-order valence-electron chi connectivity index (χ3n) is 3.85. The zero-order valence-electron chi connectivity index (χ0n) is 12.6. The Morgan fingerprint density at radius 1 is 1.36 bits per heavy atom. The molecule has 2 unspecified atom stereocenters. The number of aliphatic imine (C=N–C) groups is 1. The van der Waals surface area contributed by atoms with Crippen molar-refractivity contribution in [3.63, 3.8) is 0 Å². The number of rotatable bonds is 1. The monoisotopic (exact) mass is 361 g/mol. The van der Waals surface area contributed by atoms with Crippen molar-refractivity contribution in [2.75, 3.05) is 0 Å². The Morgan fingerprint density at radius 3 is 2.77 bits per heavy atom. The zero-order chi connectivity index (χ0) is 16.1. The Kier molecular flexibility index (Phi) is 3.36. The van der Waals surface area contributed by atoms with Crippen LogP contribution in [0.3, 0.4) is 0 Å². The van der Waals surface area contributed by atoms with E-state index in [9.17, 15) is 9.59 Å². The molecule has 3 aliphatic rings. The Balaban J connectivity index is 2.11. The highest BCUT2D eigenvalue weighted by atomic mass is 79.9. The van der Waals surface area contributed by atoms with Gasteiger partial charge in [0.15, 0.2) is 5.78 Å². The van der Waals surface area contributed by atoms with E-state index in [1.807, 2.05) is 18.2 Å². The minimum absolute atomic E-state index is 0.257. The number of hydrogen-bond acceptors (Lipinski definition) is 4. The van der Waals surface area contributed by atoms with Crippen LogP contribution >= 0.6 is 15.9 Å². The summed E-state index contributed by atoms with van der Waals surface area (Å²) in [6, 6.07) is 0. The summed E-state index contributed by atoms with van der Waals surface area (Å²) in [6.07, 6.45) is 10.4. The molecule has 2 atom stereocenters. The van der Waals surface area contributed by atoms with Gasteiger partial charge in [0, 0.05) is 16.3 Å². The van der Waals surface area contributed by atoms with E-state index < -0.39 is 22.9 Å². The van der Waals surface area contributed by atoms with Crippen LogP contribution in [-0.4, -0.2) is 23.1 Å². The fraction of sp³-hybridized carbons (Fsp3) is 0.353. The molecular weight excluding hydrogens is 346 g/mol. The van der Waals surface area contributed by atoms with E-state index >= 15 is 0 Å². The van der Waals surface area contributed by atoms with Crippen molar-refractivity contribution in [1.82, 2.24) is 0 Å². The molecule has 0 bridgehead atoms. The molecule has 0 amide bonds. The lowest BCUT2D eigenvalue weighted by atomic mass is 9.62. The number of hydrogen-bond donors (Lipinski definition) is 0. The van der Waals surface area contributed by atoms with Crippen molar-refractivity contribution in [2.45, 2.75) is 26.4 Å². The van der Waals surface area contributed by atoms with Crippen LogP contribution in [0.25, 0.3) is 0 Å². The van der Waals surface area contributed by atoms with Crippen LogP contribution < -0.4 is 0 Å². The van der Waals surface area contributed by atoms with E-state index in [1.165, 1.54) is 6.08 Å². The lowest BCUT2D eigenvalue weighted by Crippen LogP contribution is -2.49. The predicted molar refractivity (Wildman–Crippen MR) is 87.6 cm³/mol. The fourth-order valence-electron chi connectivity index (χ4n) is 3.02. The predicted octanol–water partition coefficient (Wildman–Crippen LogP) is 3.26. The van der Waals surface area contributed by atoms with Crippen molar-refractivity contribution in [3.8, 4) is 0 Å². The summed E-state index contributed by atoms with van der Waals surface area (Å²) >= 11 is 3.49. The molecule has 5 heteroatoms. The van der Waals surface area contributed by atoms with Crippen molar-refractivity contribution in [1.29, 1.82) is 0 Å². The molecule has 1 heterocycles. The van der Waals surface area contributed by atoms with Crippen LogP contribution in [-0.2, 0) is 14.3 Å². The van der Waals surface area contributed by atoms with E-state index in [0.29, 0.717) is 5.71 Å². The third kappa shape index (κ3) is 2.15. The Hall–Kier alpha value is -1.75. The van der Waals surface area contributed by atoms with Gasteiger partial charge in [-0.15, -0.1) is 0 Å². The summed E-state index contributed by atoms with van der Waals surface area (Å²) in [6.45, 7) is 5.37. The second-order valence-corrected chi connectivity index (χ2v) is 7.36. The number of esters is 1. The van der Waals surface area contributed by atoms with Crippen molar-refractivity contribution >= 4 is 33.4 Å². The second-order valence-electron chi connectivity index (χ2n) is 6.50. The third-order valence-corrected chi connectivity index (χ3v) is 4.54. The minimum Gasteiger partial charge on any atom is -0.459 e. The number of carbonyl (C=O) groups excluding carboxylic acids is 2. The van der Waals surface area contributed by atoms with E-state index in [1.54, 1.807) is 33.0 Å². The first-order valence-electron chi connectivity index (χ1n) is 7.05. The van der Waals surface area contributed by atoms with Crippen LogP contribution in [0.4, 0.5) is 0 Å². The van der Waals surface area contributed by atoms with Crippen LogP contribution in [0, 0.1) is 11.3 Å². The molecule has 0 aromatic carbocycles. The maximum Gasteiger partial charge on any atom is 0.319 e. The van der Waals surface area contributed by atoms with E-state index in [2.05, 4.69) is 20.9 Å². The van der Waals surface area contributed by atoms with Gasteiger partial charge in [-0.3, -0.25) is 14.6 Å². The Morgan fingerprint density at radius 2 is 2.09 bits per heavy atom. The normalized spacial score (nSPS) is 29.4.